The van der Waals surface area contributed by atoms with Crippen molar-refractivity contribution in [1.29, 1.82) is 0 Å². The molecule has 0 aromatic heterocycles. The monoisotopic (exact) mass is 444 g/mol. The van der Waals surface area contributed by atoms with Crippen molar-refractivity contribution in [2.75, 3.05) is 20.2 Å². The third-order valence-electron chi connectivity index (χ3n) is 4.87. The Labute approximate surface area is 177 Å². The van der Waals surface area contributed by atoms with Gasteiger partial charge < -0.3 is 10.1 Å². The summed E-state index contributed by atoms with van der Waals surface area (Å²) in [6.45, 7) is 4.73. The normalized spacial score (nSPS) is 16.9. The summed E-state index contributed by atoms with van der Waals surface area (Å²) >= 11 is 6.18. The molecule has 1 fully saturated rings. The molecular formula is C20H29ClN2O5S. The average Bonchev–Trinajstić information content (AvgIpc) is 2.96. The first-order valence-electron chi connectivity index (χ1n) is 9.85. The van der Waals surface area contributed by atoms with Gasteiger partial charge in [0.1, 0.15) is 10.9 Å². The Morgan fingerprint density at radius 1 is 1.17 bits per heavy atom. The van der Waals surface area contributed by atoms with Gasteiger partial charge >= 0.3 is 5.97 Å². The molecule has 0 bridgehead atoms. The number of methoxy groups -OCH3 is 1. The standard InChI is InChI=1S/C20H29ClN2O5S/c1-14(2)12-17(20(25)28-3)22-19(24)15-8-9-16(21)18(13-15)29(26,27)23-10-6-4-5-7-11-23/h8-9,13-14,17H,4-7,10-12H2,1-3H3,(H,22,24)/t17-/m1/s1. The van der Waals surface area contributed by atoms with Crippen molar-refractivity contribution in [3.05, 3.63) is 28.8 Å². The van der Waals surface area contributed by atoms with Crippen LogP contribution in [-0.2, 0) is 19.6 Å². The van der Waals surface area contributed by atoms with E-state index in [1.165, 1.54) is 29.6 Å². The Hall–Kier alpha value is -1.64. The number of esters is 1. The molecule has 0 spiro atoms. The van der Waals surface area contributed by atoms with E-state index in [0.717, 1.165) is 25.7 Å². The van der Waals surface area contributed by atoms with Gasteiger partial charge in [0.25, 0.3) is 5.91 Å². The predicted octanol–water partition coefficient (Wildman–Crippen LogP) is 3.22. The molecule has 0 saturated carbocycles. The Balaban J connectivity index is 2.29. The topological polar surface area (TPSA) is 92.8 Å². The molecule has 1 saturated heterocycles. The number of hydrogen-bond donors (Lipinski definition) is 1. The SMILES string of the molecule is COC(=O)[C@@H](CC(C)C)NC(=O)c1ccc(Cl)c(S(=O)(=O)N2CCCCCC2)c1. The minimum absolute atomic E-state index is 0.0671. The number of sulfonamides is 1. The van der Waals surface area contributed by atoms with Crippen molar-refractivity contribution in [3.8, 4) is 0 Å². The molecular weight excluding hydrogens is 416 g/mol. The number of carbonyl (C=O) groups is 2. The summed E-state index contributed by atoms with van der Waals surface area (Å²) in [4.78, 5) is 24.6. The average molecular weight is 445 g/mol. The van der Waals surface area contributed by atoms with Crippen LogP contribution in [0.25, 0.3) is 0 Å². The fraction of sp³-hybridized carbons (Fsp3) is 0.600. The molecule has 1 aromatic carbocycles. The van der Waals surface area contributed by atoms with E-state index in [9.17, 15) is 18.0 Å². The van der Waals surface area contributed by atoms with Gasteiger partial charge in [-0.25, -0.2) is 13.2 Å². The highest BCUT2D eigenvalue weighted by atomic mass is 35.5. The van der Waals surface area contributed by atoms with Gasteiger partial charge in [-0.15, -0.1) is 0 Å². The summed E-state index contributed by atoms with van der Waals surface area (Å²) in [5.41, 5.74) is 0.125. The largest absolute Gasteiger partial charge is 0.467 e. The lowest BCUT2D eigenvalue weighted by atomic mass is 10.0. The lowest BCUT2D eigenvalue weighted by molar-refractivity contribution is -0.143. The van der Waals surface area contributed by atoms with Gasteiger partial charge in [-0.05, 0) is 43.4 Å². The molecule has 1 aliphatic heterocycles. The van der Waals surface area contributed by atoms with Crippen LogP contribution in [0, 0.1) is 5.92 Å². The van der Waals surface area contributed by atoms with Crippen molar-refractivity contribution < 1.29 is 22.7 Å². The molecule has 0 unspecified atom stereocenters. The summed E-state index contributed by atoms with van der Waals surface area (Å²) in [5.74, 6) is -0.938. The quantitative estimate of drug-likeness (QED) is 0.652. The molecule has 1 heterocycles. The van der Waals surface area contributed by atoms with Crippen LogP contribution in [-0.4, -0.2) is 50.8 Å². The van der Waals surface area contributed by atoms with Crippen molar-refractivity contribution in [1.82, 2.24) is 9.62 Å². The Kier molecular flexibility index (Phi) is 8.48. The summed E-state index contributed by atoms with van der Waals surface area (Å²) in [6.07, 6.45) is 3.99. The highest BCUT2D eigenvalue weighted by Gasteiger charge is 2.29. The molecule has 162 valence electrons. The summed E-state index contributed by atoms with van der Waals surface area (Å²) < 4.78 is 32.4. The highest BCUT2D eigenvalue weighted by Crippen LogP contribution is 2.27. The number of nitrogens with zero attached hydrogens (tertiary/aromatic N) is 1. The first kappa shape index (κ1) is 23.6. The zero-order valence-electron chi connectivity index (χ0n) is 17.1. The van der Waals surface area contributed by atoms with Crippen molar-refractivity contribution in [2.45, 2.75) is 56.9 Å². The van der Waals surface area contributed by atoms with Gasteiger partial charge in [-0.1, -0.05) is 38.3 Å². The number of halogens is 1. The number of benzene rings is 1. The van der Waals surface area contributed by atoms with Crippen LogP contribution in [0.1, 0.15) is 56.3 Å². The molecule has 1 atom stereocenters. The van der Waals surface area contributed by atoms with Crippen LogP contribution in [0.15, 0.2) is 23.1 Å². The summed E-state index contributed by atoms with van der Waals surface area (Å²) in [6, 6.07) is 3.31. The van der Waals surface area contributed by atoms with Crippen LogP contribution in [0.5, 0.6) is 0 Å². The number of rotatable bonds is 7. The summed E-state index contributed by atoms with van der Waals surface area (Å²) in [7, 11) is -2.55. The Morgan fingerprint density at radius 3 is 2.34 bits per heavy atom. The molecule has 1 aromatic rings. The van der Waals surface area contributed by atoms with Crippen LogP contribution in [0.4, 0.5) is 0 Å². The van der Waals surface area contributed by atoms with Gasteiger partial charge in [0.05, 0.1) is 12.1 Å². The van der Waals surface area contributed by atoms with Crippen molar-refractivity contribution in [3.63, 3.8) is 0 Å². The van der Waals surface area contributed by atoms with E-state index in [4.69, 9.17) is 16.3 Å². The molecule has 1 N–H and O–H groups in total. The minimum atomic E-state index is -3.81. The van der Waals surface area contributed by atoms with Crippen LogP contribution in [0.2, 0.25) is 5.02 Å². The first-order valence-corrected chi connectivity index (χ1v) is 11.7. The fourth-order valence-corrected chi connectivity index (χ4v) is 5.35. The molecule has 7 nitrogen and oxygen atoms in total. The second-order valence-corrected chi connectivity index (χ2v) is 9.96. The Bertz CT molecular complexity index is 833. The van der Waals surface area contributed by atoms with Gasteiger partial charge in [0.15, 0.2) is 0 Å². The number of amides is 1. The summed E-state index contributed by atoms with van der Waals surface area (Å²) in [5, 5.41) is 2.71. The van der Waals surface area contributed by atoms with E-state index in [1.54, 1.807) is 0 Å². The molecule has 0 radical (unpaired) electrons. The molecule has 29 heavy (non-hydrogen) atoms. The van der Waals surface area contributed by atoms with E-state index in [-0.39, 0.29) is 21.4 Å². The molecule has 2 rings (SSSR count). The van der Waals surface area contributed by atoms with E-state index in [2.05, 4.69) is 5.32 Å². The van der Waals surface area contributed by atoms with Crippen LogP contribution in [0.3, 0.4) is 0 Å². The van der Waals surface area contributed by atoms with Crippen molar-refractivity contribution in [2.24, 2.45) is 5.92 Å². The third-order valence-corrected chi connectivity index (χ3v) is 7.25. The zero-order valence-corrected chi connectivity index (χ0v) is 18.7. The first-order chi connectivity index (χ1) is 13.7. The number of carbonyl (C=O) groups excluding carboxylic acids is 2. The highest BCUT2D eigenvalue weighted by molar-refractivity contribution is 7.89. The van der Waals surface area contributed by atoms with Gasteiger partial charge in [0, 0.05) is 18.7 Å². The molecule has 1 amide bonds. The van der Waals surface area contributed by atoms with Crippen LogP contribution < -0.4 is 5.32 Å². The second-order valence-electron chi connectivity index (χ2n) is 7.64. The maximum atomic E-state index is 13.1. The van der Waals surface area contributed by atoms with Crippen LogP contribution >= 0.6 is 11.6 Å². The lowest BCUT2D eigenvalue weighted by Gasteiger charge is -2.21. The van der Waals surface area contributed by atoms with Crippen molar-refractivity contribution >= 4 is 33.5 Å². The smallest absolute Gasteiger partial charge is 0.328 e. The van der Waals surface area contributed by atoms with Gasteiger partial charge in [-0.2, -0.15) is 4.31 Å². The molecule has 9 heteroatoms. The third kappa shape index (κ3) is 6.17. The number of hydrogen-bond acceptors (Lipinski definition) is 5. The maximum absolute atomic E-state index is 13.1. The van der Waals surface area contributed by atoms with Gasteiger partial charge in [-0.3, -0.25) is 4.79 Å². The molecule has 0 aliphatic carbocycles. The zero-order chi connectivity index (χ0) is 21.6. The van der Waals surface area contributed by atoms with E-state index < -0.39 is 27.9 Å². The Morgan fingerprint density at radius 2 is 1.79 bits per heavy atom. The minimum Gasteiger partial charge on any atom is -0.467 e. The van der Waals surface area contributed by atoms with Gasteiger partial charge in [0.2, 0.25) is 10.0 Å². The second kappa shape index (κ2) is 10.4. The molecule has 1 aliphatic rings. The van der Waals surface area contributed by atoms with E-state index in [1.807, 2.05) is 13.8 Å². The lowest BCUT2D eigenvalue weighted by Crippen LogP contribution is -2.42. The van der Waals surface area contributed by atoms with E-state index in [0.29, 0.717) is 19.5 Å². The maximum Gasteiger partial charge on any atom is 0.328 e. The fourth-order valence-electron chi connectivity index (χ4n) is 3.33. The number of ether oxygens (including phenoxy) is 1. The number of nitrogens with one attached hydrogen (secondary N) is 1. The predicted molar refractivity (Wildman–Crippen MR) is 111 cm³/mol. The van der Waals surface area contributed by atoms with E-state index >= 15 is 0 Å².